The van der Waals surface area contributed by atoms with E-state index in [9.17, 15) is 9.59 Å². The molecule has 0 saturated heterocycles. The van der Waals surface area contributed by atoms with Crippen LogP contribution in [0.2, 0.25) is 0 Å². The smallest absolute Gasteiger partial charge is 0.271 e. The molecule has 6 nitrogen and oxygen atoms in total. The highest BCUT2D eigenvalue weighted by Crippen LogP contribution is 2.19. The highest BCUT2D eigenvalue weighted by molar-refractivity contribution is 5.92. The monoisotopic (exact) mass is 368 g/mol. The second kappa shape index (κ2) is 8.95. The summed E-state index contributed by atoms with van der Waals surface area (Å²) in [4.78, 5) is 26.7. The lowest BCUT2D eigenvalue weighted by atomic mass is 9.99. The molecule has 0 bridgehead atoms. The molecule has 3 rings (SSSR count). The molecule has 144 valence electrons. The number of carbonyl (C=O) groups excluding carboxylic acids is 1. The summed E-state index contributed by atoms with van der Waals surface area (Å²) < 4.78 is 1.38. The van der Waals surface area contributed by atoms with E-state index in [1.807, 2.05) is 0 Å². The number of aryl methyl sites for hydroxylation is 1. The zero-order valence-corrected chi connectivity index (χ0v) is 16.1. The zero-order valence-electron chi connectivity index (χ0n) is 16.1. The highest BCUT2D eigenvalue weighted by Gasteiger charge is 2.21. The molecule has 0 spiro atoms. The summed E-state index contributed by atoms with van der Waals surface area (Å²) in [5.74, 6) is -0.232. The van der Waals surface area contributed by atoms with Gasteiger partial charge in [0.05, 0.1) is 0 Å². The third-order valence-corrected chi connectivity index (χ3v) is 5.16. The van der Waals surface area contributed by atoms with E-state index in [-0.39, 0.29) is 17.5 Å². The maximum atomic E-state index is 12.5. The zero-order chi connectivity index (χ0) is 19.2. The molecule has 0 fully saturated rings. The van der Waals surface area contributed by atoms with Gasteiger partial charge in [-0.3, -0.25) is 14.5 Å². The standard InChI is InChI=1S/C21H28N4O2/c1-3-4-12-25-20(26)10-9-19(23-25)21(27)22-14-16(2)24-13-11-17-7-5-6-8-18(17)15-24/h5-10,16H,3-4,11-15H2,1-2H3,(H,22,27). The fourth-order valence-electron chi connectivity index (χ4n) is 3.39. The lowest BCUT2D eigenvalue weighted by Gasteiger charge is -2.33. The van der Waals surface area contributed by atoms with Crippen LogP contribution in [0.25, 0.3) is 0 Å². The minimum absolute atomic E-state index is 0.166. The summed E-state index contributed by atoms with van der Waals surface area (Å²) in [6.45, 7) is 7.18. The molecule has 27 heavy (non-hydrogen) atoms. The summed E-state index contributed by atoms with van der Waals surface area (Å²) in [6.07, 6.45) is 2.88. The molecule has 1 unspecified atom stereocenters. The van der Waals surface area contributed by atoms with Crippen LogP contribution in [0.3, 0.4) is 0 Å². The van der Waals surface area contributed by atoms with Crippen molar-refractivity contribution in [1.29, 1.82) is 0 Å². The van der Waals surface area contributed by atoms with Crippen LogP contribution in [0.1, 0.15) is 48.3 Å². The molecule has 6 heteroatoms. The topological polar surface area (TPSA) is 67.2 Å². The Hall–Kier alpha value is -2.47. The maximum Gasteiger partial charge on any atom is 0.271 e. The van der Waals surface area contributed by atoms with Gasteiger partial charge in [0.1, 0.15) is 5.69 Å². The number of fused-ring (bicyclic) bond motifs is 1. The second-order valence-electron chi connectivity index (χ2n) is 7.18. The summed E-state index contributed by atoms with van der Waals surface area (Å²) in [7, 11) is 0. The van der Waals surface area contributed by atoms with Gasteiger partial charge in [0.15, 0.2) is 0 Å². The van der Waals surface area contributed by atoms with Crippen molar-refractivity contribution in [2.45, 2.75) is 52.2 Å². The quantitative estimate of drug-likeness (QED) is 0.814. The van der Waals surface area contributed by atoms with Crippen LogP contribution in [0, 0.1) is 0 Å². The molecule has 2 aromatic rings. The van der Waals surface area contributed by atoms with Gasteiger partial charge in [-0.15, -0.1) is 0 Å². The third-order valence-electron chi connectivity index (χ3n) is 5.16. The summed E-state index contributed by atoms with van der Waals surface area (Å²) in [5.41, 5.74) is 2.91. The number of rotatable bonds is 7. The molecule has 2 heterocycles. The van der Waals surface area contributed by atoms with Crippen LogP contribution < -0.4 is 10.9 Å². The van der Waals surface area contributed by atoms with Crippen LogP contribution in [0.5, 0.6) is 0 Å². The van der Waals surface area contributed by atoms with Gasteiger partial charge in [-0.2, -0.15) is 5.10 Å². The molecule has 1 amide bonds. The van der Waals surface area contributed by atoms with Crippen LogP contribution >= 0.6 is 0 Å². The lowest BCUT2D eigenvalue weighted by molar-refractivity contribution is 0.0925. The van der Waals surface area contributed by atoms with E-state index in [2.05, 4.69) is 53.4 Å². The van der Waals surface area contributed by atoms with Crippen molar-refractivity contribution in [3.8, 4) is 0 Å². The number of hydrogen-bond donors (Lipinski definition) is 1. The van der Waals surface area contributed by atoms with Crippen molar-refractivity contribution in [3.63, 3.8) is 0 Å². The average molecular weight is 368 g/mol. The van der Waals surface area contributed by atoms with E-state index in [1.54, 1.807) is 0 Å². The number of nitrogens with zero attached hydrogens (tertiary/aromatic N) is 3. The Kier molecular flexibility index (Phi) is 6.40. The Bertz CT molecular complexity index is 846. The number of amides is 1. The van der Waals surface area contributed by atoms with Crippen LogP contribution in [-0.2, 0) is 19.5 Å². The first-order valence-electron chi connectivity index (χ1n) is 9.75. The molecule has 1 aliphatic rings. The number of benzene rings is 1. The van der Waals surface area contributed by atoms with Crippen molar-refractivity contribution in [3.05, 3.63) is 63.6 Å². The molecule has 0 radical (unpaired) electrons. The first-order chi connectivity index (χ1) is 13.1. The molecule has 1 aromatic carbocycles. The van der Waals surface area contributed by atoms with Crippen molar-refractivity contribution < 1.29 is 4.79 Å². The van der Waals surface area contributed by atoms with Crippen molar-refractivity contribution in [2.75, 3.05) is 13.1 Å². The number of hydrogen-bond acceptors (Lipinski definition) is 4. The summed E-state index contributed by atoms with van der Waals surface area (Å²) in [6, 6.07) is 11.7. The predicted molar refractivity (Wildman–Crippen MR) is 106 cm³/mol. The lowest BCUT2D eigenvalue weighted by Crippen LogP contribution is -2.44. The van der Waals surface area contributed by atoms with E-state index in [0.29, 0.717) is 18.8 Å². The first-order valence-corrected chi connectivity index (χ1v) is 9.75. The fourth-order valence-corrected chi connectivity index (χ4v) is 3.39. The third kappa shape index (κ3) is 4.83. The van der Waals surface area contributed by atoms with Gasteiger partial charge in [-0.25, -0.2) is 4.68 Å². The molecule has 0 aliphatic carbocycles. The van der Waals surface area contributed by atoms with Crippen LogP contribution in [0.4, 0.5) is 0 Å². The predicted octanol–water partition coefficient (Wildman–Crippen LogP) is 2.22. The largest absolute Gasteiger partial charge is 0.349 e. The number of aromatic nitrogens is 2. The van der Waals surface area contributed by atoms with Gasteiger partial charge >= 0.3 is 0 Å². The molecule has 1 aromatic heterocycles. The normalized spacial score (nSPS) is 15.2. The first kappa shape index (κ1) is 19.3. The number of nitrogens with one attached hydrogen (secondary N) is 1. The van der Waals surface area contributed by atoms with Gasteiger partial charge in [0, 0.05) is 38.3 Å². The highest BCUT2D eigenvalue weighted by atomic mass is 16.2. The van der Waals surface area contributed by atoms with Crippen LogP contribution in [0.15, 0.2) is 41.2 Å². The van der Waals surface area contributed by atoms with Crippen molar-refractivity contribution >= 4 is 5.91 Å². The van der Waals surface area contributed by atoms with Crippen LogP contribution in [-0.4, -0.2) is 39.7 Å². The van der Waals surface area contributed by atoms with E-state index in [4.69, 9.17) is 0 Å². The molecular formula is C21H28N4O2. The van der Waals surface area contributed by atoms with Gasteiger partial charge in [-0.05, 0) is 37.0 Å². The second-order valence-corrected chi connectivity index (χ2v) is 7.18. The van der Waals surface area contributed by atoms with Gasteiger partial charge < -0.3 is 5.32 Å². The summed E-state index contributed by atoms with van der Waals surface area (Å²) >= 11 is 0. The van der Waals surface area contributed by atoms with E-state index >= 15 is 0 Å². The molecule has 1 atom stereocenters. The van der Waals surface area contributed by atoms with Crippen molar-refractivity contribution in [2.24, 2.45) is 0 Å². The van der Waals surface area contributed by atoms with Gasteiger partial charge in [0.2, 0.25) is 0 Å². The van der Waals surface area contributed by atoms with E-state index in [1.165, 1.54) is 27.9 Å². The summed E-state index contributed by atoms with van der Waals surface area (Å²) in [5, 5.41) is 7.17. The van der Waals surface area contributed by atoms with Gasteiger partial charge in [-0.1, -0.05) is 37.6 Å². The molecule has 1 N–H and O–H groups in total. The van der Waals surface area contributed by atoms with E-state index < -0.39 is 0 Å². The Balaban J connectivity index is 1.57. The minimum atomic E-state index is -0.232. The maximum absolute atomic E-state index is 12.5. The number of carbonyl (C=O) groups is 1. The fraction of sp³-hybridized carbons (Fsp3) is 0.476. The Morgan fingerprint density at radius 3 is 2.78 bits per heavy atom. The minimum Gasteiger partial charge on any atom is -0.349 e. The SMILES string of the molecule is CCCCn1nc(C(=O)NCC(C)N2CCc3ccccc3C2)ccc1=O. The molecule has 1 aliphatic heterocycles. The Morgan fingerprint density at radius 2 is 2.00 bits per heavy atom. The number of unbranched alkanes of at least 4 members (excludes halogenated alkanes) is 1. The Morgan fingerprint density at radius 1 is 1.22 bits per heavy atom. The van der Waals surface area contributed by atoms with Crippen molar-refractivity contribution in [1.82, 2.24) is 20.0 Å². The average Bonchev–Trinajstić information content (AvgIpc) is 2.70. The molecular weight excluding hydrogens is 340 g/mol. The Labute approximate surface area is 160 Å². The molecule has 0 saturated carbocycles. The van der Waals surface area contributed by atoms with Gasteiger partial charge in [0.25, 0.3) is 11.5 Å². The van der Waals surface area contributed by atoms with E-state index in [0.717, 1.165) is 32.4 Å².